The Morgan fingerprint density at radius 2 is 2.12 bits per heavy atom. The number of carbonyl (C=O) groups excluding carboxylic acids is 1. The number of aryl methyl sites for hydroxylation is 2. The van der Waals surface area contributed by atoms with E-state index < -0.39 is 10.8 Å². The Morgan fingerprint density at radius 3 is 2.75 bits per heavy atom. The summed E-state index contributed by atoms with van der Waals surface area (Å²) in [5.74, 6) is -0.426. The van der Waals surface area contributed by atoms with Crippen molar-refractivity contribution in [2.24, 2.45) is 4.99 Å². The average molecular weight is 345 g/mol. The summed E-state index contributed by atoms with van der Waals surface area (Å²) in [6, 6.07) is 6.27. The molecule has 0 saturated carbocycles. The minimum atomic E-state index is -0.436. The summed E-state index contributed by atoms with van der Waals surface area (Å²) >= 11 is 1.25. The zero-order chi connectivity index (χ0) is 17.3. The molecule has 1 amide bonds. The van der Waals surface area contributed by atoms with Crippen LogP contribution in [0.4, 0.5) is 5.69 Å². The lowest BCUT2D eigenvalue weighted by molar-refractivity contribution is -0.384. The molecule has 3 aromatic rings. The molecule has 24 heavy (non-hydrogen) atoms. The molecule has 0 radical (unpaired) electrons. The van der Waals surface area contributed by atoms with Gasteiger partial charge in [-0.15, -0.1) is 0 Å². The van der Waals surface area contributed by atoms with Crippen molar-refractivity contribution in [1.29, 1.82) is 0 Å². The first kappa shape index (κ1) is 16.1. The predicted molar refractivity (Wildman–Crippen MR) is 89.9 cm³/mol. The number of nitro benzene ring substituents is 1. The smallest absolute Gasteiger partial charge is 0.300 e. The fourth-order valence-electron chi connectivity index (χ4n) is 2.36. The number of nitro groups is 1. The van der Waals surface area contributed by atoms with Crippen molar-refractivity contribution in [3.05, 3.63) is 51.1 Å². The van der Waals surface area contributed by atoms with Gasteiger partial charge >= 0.3 is 0 Å². The number of rotatable bonds is 4. The first-order chi connectivity index (χ1) is 11.5. The summed E-state index contributed by atoms with van der Waals surface area (Å²) in [4.78, 5) is 27.4. The Labute approximate surface area is 140 Å². The highest BCUT2D eigenvalue weighted by atomic mass is 32.1. The molecular formula is C15H15N5O3S. The van der Waals surface area contributed by atoms with Crippen LogP contribution in [-0.4, -0.2) is 25.2 Å². The van der Waals surface area contributed by atoms with Crippen LogP contribution in [0.2, 0.25) is 0 Å². The van der Waals surface area contributed by atoms with Gasteiger partial charge in [0.25, 0.3) is 11.6 Å². The maximum absolute atomic E-state index is 12.3. The third-order valence-electron chi connectivity index (χ3n) is 3.57. The van der Waals surface area contributed by atoms with Gasteiger partial charge in [-0.1, -0.05) is 11.3 Å². The number of hydrogen-bond acceptors (Lipinski definition) is 5. The van der Waals surface area contributed by atoms with Gasteiger partial charge in [0, 0.05) is 31.4 Å². The Hall–Kier alpha value is -2.81. The van der Waals surface area contributed by atoms with Gasteiger partial charge in [-0.3, -0.25) is 19.6 Å². The minimum absolute atomic E-state index is 0.0200. The topological polar surface area (TPSA) is 95.3 Å². The molecule has 0 aliphatic carbocycles. The van der Waals surface area contributed by atoms with Crippen LogP contribution in [0.25, 0.3) is 10.2 Å². The van der Waals surface area contributed by atoms with Crippen molar-refractivity contribution >= 4 is 33.1 Å². The third-order valence-corrected chi connectivity index (χ3v) is 4.62. The standard InChI is InChI=1S/C15H15N5O3S/c1-3-18-8-7-11(17-18)14(21)16-15-19(4-2)12-6-5-10(20(22)23)9-13(12)24-15/h5-9H,3-4H2,1-2H3. The van der Waals surface area contributed by atoms with E-state index >= 15 is 0 Å². The first-order valence-electron chi connectivity index (χ1n) is 7.43. The van der Waals surface area contributed by atoms with Crippen LogP contribution in [0, 0.1) is 10.1 Å². The molecule has 0 aliphatic rings. The Balaban J connectivity index is 2.10. The fraction of sp³-hybridized carbons (Fsp3) is 0.267. The molecule has 0 saturated heterocycles. The van der Waals surface area contributed by atoms with Crippen LogP contribution >= 0.6 is 11.3 Å². The predicted octanol–water partition coefficient (Wildman–Crippen LogP) is 2.59. The van der Waals surface area contributed by atoms with E-state index in [2.05, 4.69) is 10.1 Å². The maximum atomic E-state index is 12.3. The number of aromatic nitrogens is 3. The highest BCUT2D eigenvalue weighted by molar-refractivity contribution is 7.16. The molecule has 0 spiro atoms. The number of benzene rings is 1. The molecule has 1 aromatic carbocycles. The van der Waals surface area contributed by atoms with Crippen molar-refractivity contribution in [3.63, 3.8) is 0 Å². The lowest BCUT2D eigenvalue weighted by atomic mass is 10.3. The molecular weight excluding hydrogens is 330 g/mol. The Morgan fingerprint density at radius 1 is 1.33 bits per heavy atom. The zero-order valence-electron chi connectivity index (χ0n) is 13.2. The normalized spacial score (nSPS) is 12.0. The van der Waals surface area contributed by atoms with E-state index in [9.17, 15) is 14.9 Å². The van der Waals surface area contributed by atoms with E-state index in [0.29, 0.717) is 17.9 Å². The van der Waals surface area contributed by atoms with Gasteiger partial charge in [0.15, 0.2) is 10.5 Å². The zero-order valence-corrected chi connectivity index (χ0v) is 14.0. The van der Waals surface area contributed by atoms with E-state index in [4.69, 9.17) is 0 Å². The van der Waals surface area contributed by atoms with Crippen LogP contribution < -0.4 is 4.80 Å². The summed E-state index contributed by atoms with van der Waals surface area (Å²) in [7, 11) is 0. The van der Waals surface area contributed by atoms with E-state index in [1.807, 2.05) is 18.4 Å². The molecule has 9 heteroatoms. The van der Waals surface area contributed by atoms with Crippen LogP contribution in [0.15, 0.2) is 35.5 Å². The number of fused-ring (bicyclic) bond motifs is 1. The molecule has 2 aromatic heterocycles. The Kier molecular flexibility index (Phi) is 4.26. The van der Waals surface area contributed by atoms with Gasteiger partial charge in [0.2, 0.25) is 0 Å². The van der Waals surface area contributed by atoms with E-state index in [1.54, 1.807) is 23.0 Å². The molecule has 0 bridgehead atoms. The second-order valence-corrected chi connectivity index (χ2v) is 6.02. The van der Waals surface area contributed by atoms with E-state index in [0.717, 1.165) is 10.2 Å². The molecule has 0 fully saturated rings. The number of amides is 1. The monoisotopic (exact) mass is 345 g/mol. The molecule has 0 aliphatic heterocycles. The summed E-state index contributed by atoms with van der Waals surface area (Å²) < 4.78 is 4.24. The summed E-state index contributed by atoms with van der Waals surface area (Å²) in [5.41, 5.74) is 1.12. The van der Waals surface area contributed by atoms with Crippen molar-refractivity contribution in [2.75, 3.05) is 0 Å². The van der Waals surface area contributed by atoms with Crippen molar-refractivity contribution in [2.45, 2.75) is 26.9 Å². The molecule has 8 nitrogen and oxygen atoms in total. The first-order valence-corrected chi connectivity index (χ1v) is 8.25. The molecule has 0 unspecified atom stereocenters. The lowest BCUT2D eigenvalue weighted by Gasteiger charge is -1.99. The van der Waals surface area contributed by atoms with Crippen LogP contribution in [0.1, 0.15) is 24.3 Å². The number of non-ortho nitro benzene ring substituents is 1. The van der Waals surface area contributed by atoms with Gasteiger partial charge in [-0.05, 0) is 26.0 Å². The molecule has 2 heterocycles. The van der Waals surface area contributed by atoms with E-state index in [1.165, 1.54) is 23.5 Å². The summed E-state index contributed by atoms with van der Waals surface area (Å²) in [5, 5.41) is 15.1. The average Bonchev–Trinajstić information content (AvgIpc) is 3.17. The number of thiazole rings is 1. The highest BCUT2D eigenvalue weighted by Crippen LogP contribution is 2.23. The summed E-state index contributed by atoms with van der Waals surface area (Å²) in [6.45, 7) is 5.15. The van der Waals surface area contributed by atoms with E-state index in [-0.39, 0.29) is 11.4 Å². The molecule has 124 valence electrons. The second kappa shape index (κ2) is 6.36. The van der Waals surface area contributed by atoms with Crippen molar-refractivity contribution in [3.8, 4) is 0 Å². The molecule has 0 atom stereocenters. The van der Waals surface area contributed by atoms with Crippen molar-refractivity contribution in [1.82, 2.24) is 14.3 Å². The maximum Gasteiger partial charge on any atom is 0.300 e. The number of carbonyl (C=O) groups is 1. The number of nitrogens with zero attached hydrogens (tertiary/aromatic N) is 5. The third kappa shape index (κ3) is 2.85. The largest absolute Gasteiger partial charge is 0.317 e. The quantitative estimate of drug-likeness (QED) is 0.536. The highest BCUT2D eigenvalue weighted by Gasteiger charge is 2.13. The van der Waals surface area contributed by atoms with Gasteiger partial charge in [-0.25, -0.2) is 0 Å². The van der Waals surface area contributed by atoms with Crippen molar-refractivity contribution < 1.29 is 9.72 Å². The van der Waals surface area contributed by atoms with Crippen LogP contribution in [-0.2, 0) is 13.1 Å². The Bertz CT molecular complexity index is 998. The summed E-state index contributed by atoms with van der Waals surface area (Å²) in [6.07, 6.45) is 1.73. The fourth-order valence-corrected chi connectivity index (χ4v) is 3.49. The van der Waals surface area contributed by atoms with Gasteiger partial charge in [0.05, 0.1) is 15.1 Å². The lowest BCUT2D eigenvalue weighted by Crippen LogP contribution is -2.16. The minimum Gasteiger partial charge on any atom is -0.317 e. The van der Waals surface area contributed by atoms with Crippen LogP contribution in [0.3, 0.4) is 0 Å². The van der Waals surface area contributed by atoms with Gasteiger partial charge in [0.1, 0.15) is 0 Å². The van der Waals surface area contributed by atoms with Crippen LogP contribution in [0.5, 0.6) is 0 Å². The SMILES string of the molecule is CCn1ccc(C(=O)N=c2sc3cc([N+](=O)[O-])ccc3n2CC)n1. The number of hydrogen-bond donors (Lipinski definition) is 0. The molecule has 3 rings (SSSR count). The molecule has 0 N–H and O–H groups in total. The van der Waals surface area contributed by atoms with Gasteiger partial charge in [-0.2, -0.15) is 10.1 Å². The van der Waals surface area contributed by atoms with Gasteiger partial charge < -0.3 is 4.57 Å². The second-order valence-electron chi connectivity index (χ2n) is 5.01.